The van der Waals surface area contributed by atoms with Crippen molar-refractivity contribution in [3.05, 3.63) is 15.3 Å². The van der Waals surface area contributed by atoms with Crippen LogP contribution in [-0.2, 0) is 0 Å². The molecule has 0 atom stereocenters. The molecule has 0 saturated heterocycles. The molecule has 1 aliphatic rings. The van der Waals surface area contributed by atoms with E-state index in [0.29, 0.717) is 6.67 Å². The van der Waals surface area contributed by atoms with E-state index in [1.54, 1.807) is 5.01 Å². The molecular formula is C3H7N5O3. The Kier molecular flexibility index (Phi) is 3.57. The van der Waals surface area contributed by atoms with Crippen molar-refractivity contribution in [2.45, 2.75) is 0 Å². The van der Waals surface area contributed by atoms with Gasteiger partial charge in [-0.15, -0.1) is 0 Å². The number of rotatable bonds is 0. The molecule has 62 valence electrons. The van der Waals surface area contributed by atoms with E-state index in [0.717, 1.165) is 0 Å². The van der Waals surface area contributed by atoms with Gasteiger partial charge in [0.15, 0.2) is 6.67 Å². The number of hydrazone groups is 1. The number of hydrazine groups is 1. The standard InChI is InChI=1S/C3H7N4.NO3/c1-6-3-7(4)2-5-6;2-1(3)4/h3-4H2,1H3;/q+1;-1. The van der Waals surface area contributed by atoms with Crippen LogP contribution in [-0.4, -0.2) is 35.2 Å². The van der Waals surface area contributed by atoms with Crippen molar-refractivity contribution in [2.75, 3.05) is 13.7 Å². The van der Waals surface area contributed by atoms with Crippen molar-refractivity contribution in [1.82, 2.24) is 10.0 Å². The third-order valence-electron chi connectivity index (χ3n) is 0.701. The van der Waals surface area contributed by atoms with Gasteiger partial charge in [-0.1, -0.05) is 5.01 Å². The highest BCUT2D eigenvalue weighted by Gasteiger charge is 2.19. The number of hydrogen-bond donors (Lipinski definition) is 1. The van der Waals surface area contributed by atoms with Crippen LogP contribution < -0.4 is 5.84 Å². The second-order valence-corrected chi connectivity index (χ2v) is 1.69. The Balaban J connectivity index is 0.000000218. The zero-order chi connectivity index (χ0) is 8.85. The van der Waals surface area contributed by atoms with Crippen LogP contribution in [0, 0.1) is 15.3 Å². The zero-order valence-corrected chi connectivity index (χ0v) is 5.80. The molecule has 0 aromatic carbocycles. The predicted molar refractivity (Wildman–Crippen MR) is 36.5 cm³/mol. The summed E-state index contributed by atoms with van der Waals surface area (Å²) in [6.45, 7) is 0.639. The van der Waals surface area contributed by atoms with Gasteiger partial charge in [0.2, 0.25) is 0 Å². The van der Waals surface area contributed by atoms with E-state index in [4.69, 9.17) is 21.2 Å². The summed E-state index contributed by atoms with van der Waals surface area (Å²) >= 11 is 0. The summed E-state index contributed by atoms with van der Waals surface area (Å²) in [5.74, 6) is 5.21. The van der Waals surface area contributed by atoms with Gasteiger partial charge in [0.05, 0.1) is 5.09 Å². The molecule has 8 heteroatoms. The van der Waals surface area contributed by atoms with E-state index < -0.39 is 5.09 Å². The van der Waals surface area contributed by atoms with Gasteiger partial charge in [-0.25, -0.2) is 10.9 Å². The lowest BCUT2D eigenvalue weighted by molar-refractivity contribution is -0.402. The Bertz CT molecular complexity index is 145. The van der Waals surface area contributed by atoms with Gasteiger partial charge in [0.25, 0.3) is 0 Å². The third-order valence-corrected chi connectivity index (χ3v) is 0.701. The molecule has 0 bridgehead atoms. The molecule has 0 spiro atoms. The van der Waals surface area contributed by atoms with Gasteiger partial charge in [0.1, 0.15) is 5.10 Å². The monoisotopic (exact) mass is 161 g/mol. The molecule has 2 N–H and O–H groups in total. The van der Waals surface area contributed by atoms with Gasteiger partial charge >= 0.3 is 6.34 Å². The van der Waals surface area contributed by atoms with Gasteiger partial charge < -0.3 is 15.3 Å². The van der Waals surface area contributed by atoms with E-state index in [2.05, 4.69) is 11.4 Å². The van der Waals surface area contributed by atoms with Gasteiger partial charge in [-0.2, -0.15) is 0 Å². The van der Waals surface area contributed by atoms with Crippen LogP contribution in [0.25, 0.3) is 0 Å². The molecule has 1 heterocycles. The smallest absolute Gasteiger partial charge is 0.356 e. The second kappa shape index (κ2) is 4.20. The molecule has 0 aromatic heterocycles. The summed E-state index contributed by atoms with van der Waals surface area (Å²) < 4.78 is 0. The van der Waals surface area contributed by atoms with Crippen molar-refractivity contribution in [2.24, 2.45) is 10.9 Å². The van der Waals surface area contributed by atoms with Crippen molar-refractivity contribution in [3.8, 4) is 0 Å². The first-order valence-corrected chi connectivity index (χ1v) is 2.53. The van der Waals surface area contributed by atoms with Gasteiger partial charge in [0, 0.05) is 7.05 Å². The molecular weight excluding hydrogens is 154 g/mol. The molecule has 11 heavy (non-hydrogen) atoms. The topological polar surface area (TPSA) is 111 Å². The highest BCUT2D eigenvalue weighted by molar-refractivity contribution is 5.54. The maximum absolute atomic E-state index is 8.25. The molecule has 0 fully saturated rings. The first-order valence-electron chi connectivity index (χ1n) is 2.53. The summed E-state index contributed by atoms with van der Waals surface area (Å²) in [7, 11) is 1.83. The second-order valence-electron chi connectivity index (χ2n) is 1.69. The molecule has 0 radical (unpaired) electrons. The molecule has 0 amide bonds. The van der Waals surface area contributed by atoms with E-state index >= 15 is 0 Å². The average molecular weight is 161 g/mol. The molecule has 1 aliphatic heterocycles. The van der Waals surface area contributed by atoms with Crippen LogP contribution in [0.15, 0.2) is 5.10 Å². The molecule has 8 nitrogen and oxygen atoms in total. The summed E-state index contributed by atoms with van der Waals surface area (Å²) in [5.41, 5.74) is 0. The van der Waals surface area contributed by atoms with Crippen molar-refractivity contribution < 1.29 is 5.09 Å². The average Bonchev–Trinajstić information content (AvgIpc) is 2.13. The summed E-state index contributed by atoms with van der Waals surface area (Å²) in [6.07, 6.45) is 2.53. The largest absolute Gasteiger partial charge is 0.561 e. The minimum Gasteiger partial charge on any atom is -0.356 e. The van der Waals surface area contributed by atoms with E-state index in [1.165, 1.54) is 5.01 Å². The van der Waals surface area contributed by atoms with Crippen LogP contribution in [0.4, 0.5) is 0 Å². The van der Waals surface area contributed by atoms with E-state index in [-0.39, 0.29) is 0 Å². The van der Waals surface area contributed by atoms with E-state index in [9.17, 15) is 0 Å². The fourth-order valence-electron chi connectivity index (χ4n) is 0.418. The first kappa shape index (κ1) is 9.34. The Labute approximate surface area is 62.6 Å². The Morgan fingerprint density at radius 2 is 2.18 bits per heavy atom. The number of hydrogen-bond acceptors (Lipinski definition) is 7. The quantitative estimate of drug-likeness (QED) is 0.203. The lowest BCUT2D eigenvalue weighted by Crippen LogP contribution is -2.30. The predicted octanol–water partition coefficient (Wildman–Crippen LogP) is -1.35. The maximum Gasteiger partial charge on any atom is 0.561 e. The fourth-order valence-corrected chi connectivity index (χ4v) is 0.418. The van der Waals surface area contributed by atoms with Crippen LogP contribution in [0.1, 0.15) is 0 Å². The van der Waals surface area contributed by atoms with Crippen LogP contribution in [0.2, 0.25) is 0 Å². The van der Waals surface area contributed by atoms with Crippen LogP contribution in [0.3, 0.4) is 0 Å². The Morgan fingerprint density at radius 3 is 2.27 bits per heavy atom. The molecule has 0 aromatic rings. The SMILES string of the molecule is CN1CN(N)[C+]=N1.O=[N+]([O-])[O-]. The lowest BCUT2D eigenvalue weighted by Gasteiger charge is -1.96. The van der Waals surface area contributed by atoms with Gasteiger partial charge in [-0.3, -0.25) is 0 Å². The maximum atomic E-state index is 8.25. The van der Waals surface area contributed by atoms with Crippen LogP contribution in [0.5, 0.6) is 0 Å². The molecule has 1 rings (SSSR count). The lowest BCUT2D eigenvalue weighted by atomic mass is 11.0. The molecule has 0 aliphatic carbocycles. The molecule has 0 unspecified atom stereocenters. The minimum absolute atomic E-state index is 0.639. The summed E-state index contributed by atoms with van der Waals surface area (Å²) in [5, 5.41) is 21.5. The normalized spacial score (nSPS) is 13.6. The highest BCUT2D eigenvalue weighted by Crippen LogP contribution is 1.89. The fraction of sp³-hybridized carbons (Fsp3) is 0.667. The zero-order valence-electron chi connectivity index (χ0n) is 5.80. The molecule has 0 saturated carbocycles. The summed E-state index contributed by atoms with van der Waals surface area (Å²) in [6, 6.07) is 0. The first-order chi connectivity index (χ1) is 5.02. The number of nitrogens with zero attached hydrogens (tertiary/aromatic N) is 4. The van der Waals surface area contributed by atoms with Crippen molar-refractivity contribution in [1.29, 1.82) is 0 Å². The van der Waals surface area contributed by atoms with Crippen LogP contribution >= 0.6 is 0 Å². The Hall–Kier alpha value is -1.66. The minimum atomic E-state index is -1.75. The van der Waals surface area contributed by atoms with E-state index in [1.807, 2.05) is 7.05 Å². The third kappa shape index (κ3) is 6.22. The van der Waals surface area contributed by atoms with Crippen molar-refractivity contribution in [3.63, 3.8) is 0 Å². The highest BCUT2D eigenvalue weighted by atomic mass is 16.9. The van der Waals surface area contributed by atoms with Crippen molar-refractivity contribution >= 4 is 6.34 Å². The summed E-state index contributed by atoms with van der Waals surface area (Å²) in [4.78, 5) is 8.25. The van der Waals surface area contributed by atoms with Gasteiger partial charge in [-0.05, 0) is 0 Å². The Morgan fingerprint density at radius 1 is 1.73 bits per heavy atom. The number of nitrogens with two attached hydrogens (primary N) is 1.